The van der Waals surface area contributed by atoms with Crippen LogP contribution in [-0.2, 0) is 25.9 Å². The molecule has 29 heavy (non-hydrogen) atoms. The standard InChI is InChI=1S/C22H31N5OS/c1-3-9-27-20-8-7-17(23-15-18-6-4-5-16(2)24-18)14-19(20)21(25-27)22(28)26-10-12-29-13-11-26/h4-6,17,23H,3,7-15H2,1-2H3. The van der Waals surface area contributed by atoms with Crippen molar-refractivity contribution in [1.82, 2.24) is 25.0 Å². The van der Waals surface area contributed by atoms with Crippen LogP contribution in [0.3, 0.4) is 0 Å². The molecule has 0 radical (unpaired) electrons. The van der Waals surface area contributed by atoms with Crippen LogP contribution in [0.2, 0.25) is 0 Å². The van der Waals surface area contributed by atoms with Crippen LogP contribution < -0.4 is 5.32 Å². The summed E-state index contributed by atoms with van der Waals surface area (Å²) in [6.45, 7) is 7.50. The molecule has 1 N–H and O–H groups in total. The molecule has 1 unspecified atom stereocenters. The quantitative estimate of drug-likeness (QED) is 0.789. The second kappa shape index (κ2) is 9.30. The molecule has 1 amide bonds. The Morgan fingerprint density at radius 1 is 1.31 bits per heavy atom. The highest BCUT2D eigenvalue weighted by Crippen LogP contribution is 2.27. The number of rotatable bonds is 6. The van der Waals surface area contributed by atoms with Crippen molar-refractivity contribution in [1.29, 1.82) is 0 Å². The molecule has 1 saturated heterocycles. The number of hydrogen-bond acceptors (Lipinski definition) is 5. The zero-order chi connectivity index (χ0) is 20.2. The van der Waals surface area contributed by atoms with Crippen molar-refractivity contribution in [2.75, 3.05) is 24.6 Å². The van der Waals surface area contributed by atoms with Crippen LogP contribution in [0.4, 0.5) is 0 Å². The summed E-state index contributed by atoms with van der Waals surface area (Å²) in [6.07, 6.45) is 3.95. The number of fused-ring (bicyclic) bond motifs is 1. The number of nitrogens with zero attached hydrogens (tertiary/aromatic N) is 4. The second-order valence-corrected chi connectivity index (χ2v) is 9.22. The molecule has 0 saturated carbocycles. The SMILES string of the molecule is CCCn1nc(C(=O)N2CCSCC2)c2c1CCC(NCc1cccc(C)n1)C2. The van der Waals surface area contributed by atoms with Crippen LogP contribution >= 0.6 is 11.8 Å². The number of carbonyl (C=O) groups is 1. The minimum absolute atomic E-state index is 0.123. The number of thioether (sulfide) groups is 1. The number of aryl methyl sites for hydroxylation is 2. The lowest BCUT2D eigenvalue weighted by Gasteiger charge is -2.27. The van der Waals surface area contributed by atoms with Gasteiger partial charge in [0.1, 0.15) is 0 Å². The van der Waals surface area contributed by atoms with E-state index in [0.717, 1.165) is 74.8 Å². The maximum atomic E-state index is 13.2. The van der Waals surface area contributed by atoms with E-state index in [1.54, 1.807) is 0 Å². The Morgan fingerprint density at radius 3 is 2.90 bits per heavy atom. The van der Waals surface area contributed by atoms with E-state index in [2.05, 4.69) is 34.0 Å². The van der Waals surface area contributed by atoms with Crippen LogP contribution in [0, 0.1) is 6.92 Å². The van der Waals surface area contributed by atoms with Gasteiger partial charge in [0.25, 0.3) is 5.91 Å². The van der Waals surface area contributed by atoms with Gasteiger partial charge < -0.3 is 10.2 Å². The summed E-state index contributed by atoms with van der Waals surface area (Å²) in [4.78, 5) is 19.8. The highest BCUT2D eigenvalue weighted by Gasteiger charge is 2.31. The Balaban J connectivity index is 1.51. The normalized spacial score (nSPS) is 19.2. The van der Waals surface area contributed by atoms with Crippen LogP contribution in [0.25, 0.3) is 0 Å². The fourth-order valence-electron chi connectivity index (χ4n) is 4.29. The molecule has 4 rings (SSSR count). The van der Waals surface area contributed by atoms with Gasteiger partial charge in [-0.2, -0.15) is 16.9 Å². The summed E-state index contributed by atoms with van der Waals surface area (Å²) in [5.74, 6) is 2.17. The smallest absolute Gasteiger partial charge is 0.274 e. The summed E-state index contributed by atoms with van der Waals surface area (Å²) < 4.78 is 2.10. The van der Waals surface area contributed by atoms with Gasteiger partial charge in [0.15, 0.2) is 5.69 Å². The third-order valence-corrected chi connectivity index (χ3v) is 6.74. The van der Waals surface area contributed by atoms with Crippen LogP contribution in [0.5, 0.6) is 0 Å². The number of hydrogen-bond donors (Lipinski definition) is 1. The molecule has 3 heterocycles. The molecule has 0 spiro atoms. The summed E-state index contributed by atoms with van der Waals surface area (Å²) in [5.41, 5.74) is 5.25. The molecule has 1 aliphatic heterocycles. The second-order valence-electron chi connectivity index (χ2n) is 7.99. The molecule has 2 aromatic heterocycles. The number of amides is 1. The van der Waals surface area contributed by atoms with Crippen molar-refractivity contribution in [3.8, 4) is 0 Å². The summed E-state index contributed by atoms with van der Waals surface area (Å²) in [6, 6.07) is 6.50. The predicted molar refractivity (Wildman–Crippen MR) is 117 cm³/mol. The number of carbonyl (C=O) groups excluding carboxylic acids is 1. The summed E-state index contributed by atoms with van der Waals surface area (Å²) in [7, 11) is 0. The van der Waals surface area contributed by atoms with Gasteiger partial charge in [-0.25, -0.2) is 0 Å². The Morgan fingerprint density at radius 2 is 2.14 bits per heavy atom. The molecule has 0 aromatic carbocycles. The van der Waals surface area contributed by atoms with E-state index >= 15 is 0 Å². The molecule has 1 fully saturated rings. The topological polar surface area (TPSA) is 63.1 Å². The lowest BCUT2D eigenvalue weighted by atomic mass is 9.91. The molecule has 2 aliphatic rings. The largest absolute Gasteiger partial charge is 0.336 e. The van der Waals surface area contributed by atoms with Crippen LogP contribution in [0.15, 0.2) is 18.2 Å². The van der Waals surface area contributed by atoms with E-state index < -0.39 is 0 Å². The zero-order valence-corrected chi connectivity index (χ0v) is 18.3. The first-order valence-corrected chi connectivity index (χ1v) is 11.9. The average Bonchev–Trinajstić information content (AvgIpc) is 3.10. The fraction of sp³-hybridized carbons (Fsp3) is 0.591. The van der Waals surface area contributed by atoms with Crippen molar-refractivity contribution < 1.29 is 4.79 Å². The van der Waals surface area contributed by atoms with E-state index in [9.17, 15) is 4.79 Å². The Labute approximate surface area is 177 Å². The first kappa shape index (κ1) is 20.4. The molecule has 7 heteroatoms. The third kappa shape index (κ3) is 4.67. The van der Waals surface area contributed by atoms with E-state index in [1.807, 2.05) is 29.7 Å². The number of nitrogens with one attached hydrogen (secondary N) is 1. The summed E-state index contributed by atoms with van der Waals surface area (Å²) >= 11 is 1.92. The van der Waals surface area contributed by atoms with Gasteiger partial charge in [0.2, 0.25) is 0 Å². The molecule has 156 valence electrons. The predicted octanol–water partition coefficient (Wildman–Crippen LogP) is 2.83. The van der Waals surface area contributed by atoms with Gasteiger partial charge in [-0.05, 0) is 44.7 Å². The van der Waals surface area contributed by atoms with Gasteiger partial charge in [-0.3, -0.25) is 14.5 Å². The molecular formula is C22H31N5OS. The van der Waals surface area contributed by atoms with Gasteiger partial charge >= 0.3 is 0 Å². The highest BCUT2D eigenvalue weighted by atomic mass is 32.2. The molecule has 6 nitrogen and oxygen atoms in total. The lowest BCUT2D eigenvalue weighted by Crippen LogP contribution is -2.39. The maximum Gasteiger partial charge on any atom is 0.274 e. The Bertz CT molecular complexity index is 859. The molecule has 2 aromatic rings. The lowest BCUT2D eigenvalue weighted by molar-refractivity contribution is 0.0764. The minimum Gasteiger partial charge on any atom is -0.336 e. The van der Waals surface area contributed by atoms with Gasteiger partial charge in [0.05, 0.1) is 5.69 Å². The molecule has 1 aliphatic carbocycles. The zero-order valence-electron chi connectivity index (χ0n) is 17.5. The Kier molecular flexibility index (Phi) is 6.55. The van der Waals surface area contributed by atoms with Crippen molar-refractivity contribution in [2.45, 2.75) is 58.7 Å². The van der Waals surface area contributed by atoms with E-state index in [1.165, 1.54) is 11.3 Å². The van der Waals surface area contributed by atoms with Gasteiger partial charge in [-0.1, -0.05) is 13.0 Å². The summed E-state index contributed by atoms with van der Waals surface area (Å²) in [5, 5.41) is 8.46. The van der Waals surface area contributed by atoms with Gasteiger partial charge in [-0.15, -0.1) is 0 Å². The van der Waals surface area contributed by atoms with E-state index in [0.29, 0.717) is 11.7 Å². The van der Waals surface area contributed by atoms with Crippen molar-refractivity contribution in [3.05, 3.63) is 46.5 Å². The minimum atomic E-state index is 0.123. The fourth-order valence-corrected chi connectivity index (χ4v) is 5.20. The first-order valence-electron chi connectivity index (χ1n) is 10.8. The van der Waals surface area contributed by atoms with E-state index in [-0.39, 0.29) is 5.91 Å². The average molecular weight is 414 g/mol. The molecule has 1 atom stereocenters. The van der Waals surface area contributed by atoms with Gasteiger partial charge in [0, 0.05) is 60.7 Å². The highest BCUT2D eigenvalue weighted by molar-refractivity contribution is 7.99. The van der Waals surface area contributed by atoms with Crippen LogP contribution in [-0.4, -0.2) is 56.2 Å². The van der Waals surface area contributed by atoms with Crippen molar-refractivity contribution in [3.63, 3.8) is 0 Å². The maximum absolute atomic E-state index is 13.2. The number of pyridine rings is 1. The van der Waals surface area contributed by atoms with Crippen molar-refractivity contribution in [2.24, 2.45) is 0 Å². The third-order valence-electron chi connectivity index (χ3n) is 5.80. The van der Waals surface area contributed by atoms with Crippen molar-refractivity contribution >= 4 is 17.7 Å². The monoisotopic (exact) mass is 413 g/mol. The first-order chi connectivity index (χ1) is 14.2. The Hall–Kier alpha value is -1.86. The van der Waals surface area contributed by atoms with E-state index in [4.69, 9.17) is 5.10 Å². The number of aromatic nitrogens is 3. The van der Waals surface area contributed by atoms with Crippen LogP contribution in [0.1, 0.15) is 52.9 Å². The molecular weight excluding hydrogens is 382 g/mol. The molecule has 0 bridgehead atoms.